The van der Waals surface area contributed by atoms with E-state index in [1.54, 1.807) is 6.92 Å². The second-order valence-electron chi connectivity index (χ2n) is 8.87. The average molecular weight is 455 g/mol. The van der Waals surface area contributed by atoms with Gasteiger partial charge in [0.2, 0.25) is 0 Å². The smallest absolute Gasteiger partial charge is 0.273 e. The Labute approximate surface area is 197 Å². The van der Waals surface area contributed by atoms with Crippen molar-refractivity contribution in [3.63, 3.8) is 0 Å². The van der Waals surface area contributed by atoms with Gasteiger partial charge < -0.3 is 30.8 Å². The van der Waals surface area contributed by atoms with Crippen LogP contribution in [-0.2, 0) is 20.8 Å². The molecule has 2 aliphatic rings. The van der Waals surface area contributed by atoms with E-state index in [9.17, 15) is 4.79 Å². The maximum absolute atomic E-state index is 13.1. The first-order valence-electron chi connectivity index (χ1n) is 12.0. The van der Waals surface area contributed by atoms with Crippen molar-refractivity contribution in [2.24, 2.45) is 0 Å². The number of allylic oxidation sites excluding steroid dienone is 2. The van der Waals surface area contributed by atoms with Crippen LogP contribution in [0.5, 0.6) is 0 Å². The van der Waals surface area contributed by atoms with Crippen molar-refractivity contribution in [1.29, 1.82) is 5.41 Å². The largest absolute Gasteiger partial charge is 0.381 e. The van der Waals surface area contributed by atoms with Crippen LogP contribution in [0.15, 0.2) is 40.9 Å². The van der Waals surface area contributed by atoms with Crippen molar-refractivity contribution in [1.82, 2.24) is 16.0 Å². The van der Waals surface area contributed by atoms with Crippen LogP contribution in [0.3, 0.4) is 0 Å². The van der Waals surface area contributed by atoms with Crippen molar-refractivity contribution in [2.45, 2.75) is 65.5 Å². The summed E-state index contributed by atoms with van der Waals surface area (Å²) in [6.45, 7) is 9.13. The van der Waals surface area contributed by atoms with Gasteiger partial charge in [-0.15, -0.1) is 0 Å². The van der Waals surface area contributed by atoms with E-state index >= 15 is 0 Å². The lowest BCUT2D eigenvalue weighted by atomic mass is 9.92. The number of carbonyl (C=O) groups excluding carboxylic acids is 1. The van der Waals surface area contributed by atoms with Crippen LogP contribution in [0.2, 0.25) is 0 Å². The molecule has 0 unspecified atom stereocenters. The van der Waals surface area contributed by atoms with Gasteiger partial charge in [-0.2, -0.15) is 0 Å². The van der Waals surface area contributed by atoms with Gasteiger partial charge in [0, 0.05) is 32.5 Å². The molecule has 1 aromatic carbocycles. The van der Waals surface area contributed by atoms with E-state index in [1.165, 1.54) is 28.5 Å². The maximum Gasteiger partial charge on any atom is 0.273 e. The highest BCUT2D eigenvalue weighted by Gasteiger charge is 2.20. The van der Waals surface area contributed by atoms with E-state index in [2.05, 4.69) is 48.0 Å². The van der Waals surface area contributed by atoms with Gasteiger partial charge in [-0.05, 0) is 80.7 Å². The van der Waals surface area contributed by atoms with Gasteiger partial charge in [0.25, 0.3) is 5.91 Å². The highest BCUT2D eigenvalue weighted by molar-refractivity contribution is 5.99. The summed E-state index contributed by atoms with van der Waals surface area (Å²) in [4.78, 5) is 13.1. The lowest BCUT2D eigenvalue weighted by molar-refractivity contribution is -0.117. The Morgan fingerprint density at radius 1 is 1.18 bits per heavy atom. The average Bonchev–Trinajstić information content (AvgIpc) is 2.78. The zero-order chi connectivity index (χ0) is 23.6. The van der Waals surface area contributed by atoms with E-state index in [0.29, 0.717) is 31.0 Å². The number of benzene rings is 1. The molecule has 0 atom stereocenters. The van der Waals surface area contributed by atoms with Gasteiger partial charge in [-0.25, -0.2) is 0 Å². The lowest BCUT2D eigenvalue weighted by Gasteiger charge is -2.25. The molecule has 1 aliphatic heterocycles. The fourth-order valence-corrected chi connectivity index (χ4v) is 3.86. The third-order valence-electron chi connectivity index (χ3n) is 6.35. The fraction of sp³-hybridized carbons (Fsp3) is 0.538. The first kappa shape index (κ1) is 25.0. The number of rotatable bonds is 11. The molecule has 1 heterocycles. The molecule has 1 saturated carbocycles. The molecule has 0 aromatic heterocycles. The minimum atomic E-state index is -0.232. The van der Waals surface area contributed by atoms with Gasteiger partial charge in [0.15, 0.2) is 0 Å². The monoisotopic (exact) mass is 454 g/mol. The molecule has 7 nitrogen and oxygen atoms in total. The normalized spacial score (nSPS) is 17.0. The number of nitrogens with one attached hydrogen (secondary N) is 4. The number of hydrogen-bond donors (Lipinski definition) is 4. The van der Waals surface area contributed by atoms with E-state index < -0.39 is 0 Å². The number of ether oxygens (including phenoxy) is 2. The molecular weight excluding hydrogens is 416 g/mol. The third-order valence-corrected chi connectivity index (χ3v) is 6.35. The fourth-order valence-electron chi connectivity index (χ4n) is 3.86. The second kappa shape index (κ2) is 12.6. The molecule has 180 valence electrons. The van der Waals surface area contributed by atoms with E-state index in [-0.39, 0.29) is 12.0 Å². The van der Waals surface area contributed by atoms with Crippen LogP contribution in [0.1, 0.15) is 55.7 Å². The maximum atomic E-state index is 13.1. The zero-order valence-corrected chi connectivity index (χ0v) is 20.2. The molecule has 3 rings (SSSR count). The van der Waals surface area contributed by atoms with E-state index in [1.807, 2.05) is 0 Å². The molecule has 1 aromatic rings. The summed E-state index contributed by atoms with van der Waals surface area (Å²) in [5, 5.41) is 17.3. The molecule has 2 fully saturated rings. The van der Waals surface area contributed by atoms with Crippen LogP contribution in [0.4, 0.5) is 0 Å². The quantitative estimate of drug-likeness (QED) is 0.233. The summed E-state index contributed by atoms with van der Waals surface area (Å²) in [5.41, 5.74) is 5.95. The Morgan fingerprint density at radius 2 is 1.94 bits per heavy atom. The predicted octanol–water partition coefficient (Wildman–Crippen LogP) is 3.61. The van der Waals surface area contributed by atoms with E-state index in [0.717, 1.165) is 51.1 Å². The van der Waals surface area contributed by atoms with Crippen molar-refractivity contribution in [3.05, 3.63) is 57.6 Å². The standard InChI is InChI=1S/C26H38N4O3/c1-18-7-8-21(15-19(18)2)17-29-25(22-5-4-6-22)30-26(31)24(20(3)16-27)28-11-14-33-23-9-12-32-13-10-23/h7-8,15-16,23,27-29H,4-6,9-14,17H2,1-3H3,(H,30,31)/b24-20-,27-16?. The second-order valence-corrected chi connectivity index (χ2v) is 8.87. The summed E-state index contributed by atoms with van der Waals surface area (Å²) >= 11 is 0. The van der Waals surface area contributed by atoms with Crippen LogP contribution >= 0.6 is 0 Å². The van der Waals surface area contributed by atoms with Crippen LogP contribution < -0.4 is 16.0 Å². The zero-order valence-electron chi connectivity index (χ0n) is 20.2. The Hall–Kier alpha value is -2.64. The summed E-state index contributed by atoms with van der Waals surface area (Å²) in [6, 6.07) is 6.42. The predicted molar refractivity (Wildman–Crippen MR) is 131 cm³/mol. The molecular formula is C26H38N4O3. The summed E-state index contributed by atoms with van der Waals surface area (Å²) < 4.78 is 11.3. The number of aryl methyl sites for hydroxylation is 2. The summed E-state index contributed by atoms with van der Waals surface area (Å²) in [6.07, 6.45) is 6.37. The lowest BCUT2D eigenvalue weighted by Crippen LogP contribution is -2.39. The number of hydrogen-bond acceptors (Lipinski definition) is 6. The highest BCUT2D eigenvalue weighted by atomic mass is 16.5. The summed E-state index contributed by atoms with van der Waals surface area (Å²) in [5.74, 6) is 0.559. The summed E-state index contributed by atoms with van der Waals surface area (Å²) in [7, 11) is 0. The number of amides is 1. The van der Waals surface area contributed by atoms with Gasteiger partial charge in [0.05, 0.1) is 12.7 Å². The molecule has 1 aliphatic carbocycles. The number of carbonyl (C=O) groups is 1. The molecule has 0 spiro atoms. The Balaban J connectivity index is 1.58. The minimum absolute atomic E-state index is 0.218. The first-order valence-corrected chi connectivity index (χ1v) is 12.0. The van der Waals surface area contributed by atoms with Crippen molar-refractivity contribution < 1.29 is 14.3 Å². The molecule has 0 bridgehead atoms. The van der Waals surface area contributed by atoms with Crippen molar-refractivity contribution >= 4 is 12.1 Å². The van der Waals surface area contributed by atoms with Gasteiger partial charge >= 0.3 is 0 Å². The Kier molecular flexibility index (Phi) is 9.51. The molecule has 4 N–H and O–H groups in total. The minimum Gasteiger partial charge on any atom is -0.381 e. The van der Waals surface area contributed by atoms with Crippen molar-refractivity contribution in [3.8, 4) is 0 Å². The Bertz CT molecular complexity index is 895. The van der Waals surface area contributed by atoms with Gasteiger partial charge in [-0.3, -0.25) is 4.79 Å². The molecule has 33 heavy (non-hydrogen) atoms. The van der Waals surface area contributed by atoms with Gasteiger partial charge in [0.1, 0.15) is 11.5 Å². The van der Waals surface area contributed by atoms with Crippen molar-refractivity contribution in [2.75, 3.05) is 26.4 Å². The third kappa shape index (κ3) is 7.44. The first-order chi connectivity index (χ1) is 16.0. The molecule has 1 amide bonds. The van der Waals surface area contributed by atoms with Crippen LogP contribution in [0, 0.1) is 19.3 Å². The highest BCUT2D eigenvalue weighted by Crippen LogP contribution is 2.27. The van der Waals surface area contributed by atoms with Crippen LogP contribution in [0.25, 0.3) is 0 Å². The molecule has 7 heteroatoms. The van der Waals surface area contributed by atoms with E-state index in [4.69, 9.17) is 14.9 Å². The van der Waals surface area contributed by atoms with Gasteiger partial charge in [-0.1, -0.05) is 18.2 Å². The SMILES string of the molecule is C/C(C=N)=C(/NCCOC1CCOCC1)C(=O)NC(NCc1ccc(C)c(C)c1)=C1CCC1. The molecule has 1 saturated heterocycles. The Morgan fingerprint density at radius 3 is 2.58 bits per heavy atom. The molecule has 0 radical (unpaired) electrons. The topological polar surface area (TPSA) is 95.5 Å². The van der Waals surface area contributed by atoms with Crippen LogP contribution in [-0.4, -0.2) is 44.6 Å².